The summed E-state index contributed by atoms with van der Waals surface area (Å²) in [7, 11) is 5.47. The number of hydrogen-bond acceptors (Lipinski definition) is 3. The highest BCUT2D eigenvalue weighted by Gasteiger charge is 2.17. The van der Waals surface area contributed by atoms with Crippen molar-refractivity contribution < 1.29 is 9.47 Å². The van der Waals surface area contributed by atoms with E-state index in [0.29, 0.717) is 6.73 Å². The molecule has 0 saturated heterocycles. The molecule has 0 atom stereocenters. The Balaban J connectivity index is 3.24. The number of ether oxygens (including phenoxy) is 2. The first-order valence-corrected chi connectivity index (χ1v) is 6.72. The molecule has 0 aromatic heterocycles. The van der Waals surface area contributed by atoms with Crippen LogP contribution < -0.4 is 4.74 Å². The minimum Gasteiger partial charge on any atom is -0.496 e. The summed E-state index contributed by atoms with van der Waals surface area (Å²) in [6, 6.07) is 0. The Morgan fingerprint density at radius 2 is 1.67 bits per heavy atom. The number of methoxy groups -OCH3 is 2. The maximum atomic E-state index is 5.58. The van der Waals surface area contributed by atoms with Crippen LogP contribution >= 0.6 is 15.9 Å². The van der Waals surface area contributed by atoms with Crippen molar-refractivity contribution >= 4 is 15.9 Å². The zero-order chi connectivity index (χ0) is 13.9. The lowest BCUT2D eigenvalue weighted by molar-refractivity contribution is 0.0765. The third kappa shape index (κ3) is 3.05. The van der Waals surface area contributed by atoms with Gasteiger partial charge in [-0.15, -0.1) is 0 Å². The van der Waals surface area contributed by atoms with Gasteiger partial charge in [0.2, 0.25) is 0 Å². The first-order valence-electron chi connectivity index (χ1n) is 5.93. The summed E-state index contributed by atoms with van der Waals surface area (Å²) in [5, 5.41) is 0. The molecule has 4 heteroatoms. The average molecular weight is 316 g/mol. The molecule has 102 valence electrons. The molecule has 0 N–H and O–H groups in total. The SMILES string of the molecule is COCN(C)Cc1c(C)c(Br)c(C)c(C)c1OC. The van der Waals surface area contributed by atoms with Crippen molar-refractivity contribution in [1.82, 2.24) is 4.90 Å². The summed E-state index contributed by atoms with van der Waals surface area (Å²) in [5.74, 6) is 0.983. The van der Waals surface area contributed by atoms with Gasteiger partial charge in [-0.2, -0.15) is 0 Å². The molecule has 0 aliphatic carbocycles. The van der Waals surface area contributed by atoms with E-state index in [-0.39, 0.29) is 0 Å². The van der Waals surface area contributed by atoms with E-state index in [9.17, 15) is 0 Å². The largest absolute Gasteiger partial charge is 0.496 e. The molecule has 1 aromatic carbocycles. The second-order valence-corrected chi connectivity index (χ2v) is 5.43. The molecule has 0 saturated carbocycles. The van der Waals surface area contributed by atoms with Crippen molar-refractivity contribution in [3.8, 4) is 5.75 Å². The zero-order valence-electron chi connectivity index (χ0n) is 12.1. The molecule has 1 rings (SSSR count). The number of halogens is 1. The maximum absolute atomic E-state index is 5.58. The van der Waals surface area contributed by atoms with Crippen molar-refractivity contribution in [1.29, 1.82) is 0 Å². The smallest absolute Gasteiger partial charge is 0.126 e. The van der Waals surface area contributed by atoms with Crippen molar-refractivity contribution in [2.75, 3.05) is 28.0 Å². The minimum absolute atomic E-state index is 0.604. The van der Waals surface area contributed by atoms with Crippen molar-refractivity contribution in [2.24, 2.45) is 0 Å². The summed E-state index contributed by atoms with van der Waals surface area (Å²) in [4.78, 5) is 2.12. The van der Waals surface area contributed by atoms with Crippen LogP contribution in [-0.4, -0.2) is 32.9 Å². The molecule has 0 aliphatic rings. The molecule has 0 unspecified atom stereocenters. The summed E-state index contributed by atoms with van der Waals surface area (Å²) in [5.41, 5.74) is 4.88. The van der Waals surface area contributed by atoms with Gasteiger partial charge in [-0.1, -0.05) is 15.9 Å². The Morgan fingerprint density at radius 3 is 2.17 bits per heavy atom. The van der Waals surface area contributed by atoms with Gasteiger partial charge < -0.3 is 9.47 Å². The van der Waals surface area contributed by atoms with Crippen LogP contribution in [0.2, 0.25) is 0 Å². The molecule has 18 heavy (non-hydrogen) atoms. The van der Waals surface area contributed by atoms with Crippen molar-refractivity contribution in [2.45, 2.75) is 27.3 Å². The first kappa shape index (κ1) is 15.5. The highest BCUT2D eigenvalue weighted by atomic mass is 79.9. The fourth-order valence-electron chi connectivity index (χ4n) is 2.15. The van der Waals surface area contributed by atoms with E-state index in [1.807, 2.05) is 7.05 Å². The van der Waals surface area contributed by atoms with E-state index < -0.39 is 0 Å². The molecule has 0 bridgehead atoms. The third-order valence-electron chi connectivity index (χ3n) is 3.27. The van der Waals surface area contributed by atoms with Crippen LogP contribution in [0, 0.1) is 20.8 Å². The third-order valence-corrected chi connectivity index (χ3v) is 4.46. The van der Waals surface area contributed by atoms with Gasteiger partial charge in [0, 0.05) is 23.7 Å². The minimum atomic E-state index is 0.604. The Bertz CT molecular complexity index is 433. The van der Waals surface area contributed by atoms with Crippen LogP contribution in [-0.2, 0) is 11.3 Å². The summed E-state index contributed by atoms with van der Waals surface area (Å²) < 4.78 is 11.9. The second kappa shape index (κ2) is 6.55. The monoisotopic (exact) mass is 315 g/mol. The Labute approximate surface area is 118 Å². The Hall–Kier alpha value is -0.580. The van der Waals surface area contributed by atoms with Gasteiger partial charge in [-0.25, -0.2) is 0 Å². The predicted octanol–water partition coefficient (Wildman–Crippen LogP) is 3.42. The van der Waals surface area contributed by atoms with Gasteiger partial charge in [0.05, 0.1) is 13.8 Å². The number of hydrogen-bond donors (Lipinski definition) is 0. The average Bonchev–Trinajstić information content (AvgIpc) is 2.34. The number of rotatable bonds is 5. The van der Waals surface area contributed by atoms with Crippen LogP contribution in [0.1, 0.15) is 22.3 Å². The standard InChI is InChI=1S/C14H22BrNO2/c1-9-10(2)14(18-6)12(11(3)13(9)15)7-16(4)8-17-5/h7-8H2,1-6H3. The van der Waals surface area contributed by atoms with Gasteiger partial charge >= 0.3 is 0 Å². The van der Waals surface area contributed by atoms with Crippen LogP contribution in [0.25, 0.3) is 0 Å². The lowest BCUT2D eigenvalue weighted by atomic mass is 9.98. The molecular weight excluding hydrogens is 294 g/mol. The van der Waals surface area contributed by atoms with Crippen molar-refractivity contribution in [3.05, 3.63) is 26.7 Å². The van der Waals surface area contributed by atoms with E-state index in [4.69, 9.17) is 9.47 Å². The van der Waals surface area contributed by atoms with Gasteiger partial charge in [0.1, 0.15) is 5.75 Å². The van der Waals surface area contributed by atoms with Crippen LogP contribution in [0.5, 0.6) is 5.75 Å². The lowest BCUT2D eigenvalue weighted by Crippen LogP contribution is -2.21. The molecule has 3 nitrogen and oxygen atoms in total. The first-order chi connectivity index (χ1) is 8.43. The lowest BCUT2D eigenvalue weighted by Gasteiger charge is -2.22. The Kier molecular flexibility index (Phi) is 5.63. The maximum Gasteiger partial charge on any atom is 0.126 e. The number of benzene rings is 1. The summed E-state index contributed by atoms with van der Waals surface area (Å²) >= 11 is 3.67. The molecule has 0 heterocycles. The van der Waals surface area contributed by atoms with Gasteiger partial charge in [-0.05, 0) is 44.5 Å². The van der Waals surface area contributed by atoms with E-state index in [0.717, 1.165) is 12.3 Å². The summed E-state index contributed by atoms with van der Waals surface area (Å²) in [6.45, 7) is 7.74. The fraction of sp³-hybridized carbons (Fsp3) is 0.571. The molecule has 0 spiro atoms. The normalized spacial score (nSPS) is 11.1. The van der Waals surface area contributed by atoms with Crippen LogP contribution in [0.15, 0.2) is 4.47 Å². The van der Waals surface area contributed by atoms with Gasteiger partial charge in [-0.3, -0.25) is 4.90 Å². The topological polar surface area (TPSA) is 21.7 Å². The van der Waals surface area contributed by atoms with Gasteiger partial charge in [0.25, 0.3) is 0 Å². The molecule has 0 radical (unpaired) electrons. The predicted molar refractivity (Wildman–Crippen MR) is 78.2 cm³/mol. The van der Waals surface area contributed by atoms with Crippen LogP contribution in [0.4, 0.5) is 0 Å². The van der Waals surface area contributed by atoms with E-state index in [1.54, 1.807) is 14.2 Å². The quantitative estimate of drug-likeness (QED) is 0.777. The molecule has 1 aromatic rings. The second-order valence-electron chi connectivity index (χ2n) is 4.63. The summed E-state index contributed by atoms with van der Waals surface area (Å²) in [6.07, 6.45) is 0. The van der Waals surface area contributed by atoms with Crippen molar-refractivity contribution in [3.63, 3.8) is 0 Å². The van der Waals surface area contributed by atoms with Gasteiger partial charge in [0.15, 0.2) is 0 Å². The highest BCUT2D eigenvalue weighted by Crippen LogP contribution is 2.36. The van der Waals surface area contributed by atoms with E-state index in [1.165, 1.54) is 26.7 Å². The van der Waals surface area contributed by atoms with Crippen LogP contribution in [0.3, 0.4) is 0 Å². The highest BCUT2D eigenvalue weighted by molar-refractivity contribution is 9.10. The number of nitrogens with zero attached hydrogens (tertiary/aromatic N) is 1. The molecular formula is C14H22BrNO2. The molecule has 0 aliphatic heterocycles. The molecule has 0 fully saturated rings. The zero-order valence-corrected chi connectivity index (χ0v) is 13.6. The Morgan fingerprint density at radius 1 is 1.06 bits per heavy atom. The van der Waals surface area contributed by atoms with E-state index in [2.05, 4.69) is 41.6 Å². The molecule has 0 amide bonds. The van der Waals surface area contributed by atoms with E-state index >= 15 is 0 Å². The fourth-order valence-corrected chi connectivity index (χ4v) is 2.68.